The van der Waals surface area contributed by atoms with Crippen LogP contribution in [0, 0.1) is 5.92 Å². The van der Waals surface area contributed by atoms with Crippen molar-refractivity contribution in [3.63, 3.8) is 0 Å². The van der Waals surface area contributed by atoms with Gasteiger partial charge >= 0.3 is 0 Å². The van der Waals surface area contributed by atoms with Crippen LogP contribution in [-0.2, 0) is 0 Å². The van der Waals surface area contributed by atoms with Crippen molar-refractivity contribution in [1.29, 1.82) is 0 Å². The van der Waals surface area contributed by atoms with Gasteiger partial charge in [0.1, 0.15) is 0 Å². The molecule has 1 aromatic carbocycles. The molecule has 1 atom stereocenters. The summed E-state index contributed by atoms with van der Waals surface area (Å²) in [4.78, 5) is 11.8. The Bertz CT molecular complexity index is 327. The number of ketones is 1. The van der Waals surface area contributed by atoms with Crippen molar-refractivity contribution in [3.05, 3.63) is 33.8 Å². The predicted octanol–water partition coefficient (Wildman–Crippen LogP) is 4.22. The first-order valence-electron chi connectivity index (χ1n) is 4.55. The molecule has 1 nitrogen and oxygen atoms in total. The minimum atomic E-state index is 0.0181. The van der Waals surface area contributed by atoms with Crippen molar-refractivity contribution in [2.75, 3.05) is 0 Å². The highest BCUT2D eigenvalue weighted by Crippen LogP contribution is 2.21. The first kappa shape index (κ1) is 11.5. The van der Waals surface area contributed by atoms with Gasteiger partial charge in [-0.2, -0.15) is 0 Å². The van der Waals surface area contributed by atoms with E-state index in [1.807, 2.05) is 13.8 Å². The number of carbonyl (C=O) groups excluding carboxylic acids is 1. The van der Waals surface area contributed by atoms with Gasteiger partial charge in [0, 0.05) is 21.5 Å². The van der Waals surface area contributed by atoms with Gasteiger partial charge in [0.05, 0.1) is 0 Å². The molecule has 0 bridgehead atoms. The SMILES string of the molecule is CCC(C)C(=O)c1cc(Cl)cc(Cl)c1. The van der Waals surface area contributed by atoms with Crippen LogP contribution in [0.5, 0.6) is 0 Å². The molecule has 0 amide bonds. The van der Waals surface area contributed by atoms with Crippen molar-refractivity contribution in [3.8, 4) is 0 Å². The molecule has 0 aliphatic heterocycles. The highest BCUT2D eigenvalue weighted by atomic mass is 35.5. The van der Waals surface area contributed by atoms with Crippen LogP contribution in [0.4, 0.5) is 0 Å². The number of hydrogen-bond donors (Lipinski definition) is 0. The molecule has 0 heterocycles. The Morgan fingerprint density at radius 1 is 1.29 bits per heavy atom. The van der Waals surface area contributed by atoms with E-state index in [4.69, 9.17) is 23.2 Å². The molecule has 0 radical (unpaired) electrons. The molecular weight excluding hydrogens is 219 g/mol. The third-order valence-electron chi connectivity index (χ3n) is 2.21. The van der Waals surface area contributed by atoms with Crippen LogP contribution in [0.15, 0.2) is 18.2 Å². The second-order valence-corrected chi connectivity index (χ2v) is 4.20. The van der Waals surface area contributed by atoms with E-state index in [2.05, 4.69) is 0 Å². The van der Waals surface area contributed by atoms with E-state index in [0.717, 1.165) is 6.42 Å². The number of halogens is 2. The van der Waals surface area contributed by atoms with Crippen LogP contribution in [0.25, 0.3) is 0 Å². The minimum absolute atomic E-state index is 0.0181. The maximum absolute atomic E-state index is 11.8. The Kier molecular flexibility index (Phi) is 3.97. The fourth-order valence-corrected chi connectivity index (χ4v) is 1.69. The standard InChI is InChI=1S/C11H12Cl2O/c1-3-7(2)11(14)8-4-9(12)6-10(13)5-8/h4-7H,3H2,1-2H3. The molecule has 1 unspecified atom stereocenters. The Balaban J connectivity index is 3.01. The van der Waals surface area contributed by atoms with Crippen LogP contribution in [0.3, 0.4) is 0 Å². The Hall–Kier alpha value is -0.530. The van der Waals surface area contributed by atoms with E-state index in [1.54, 1.807) is 18.2 Å². The van der Waals surface area contributed by atoms with Crippen molar-refractivity contribution >= 4 is 29.0 Å². The molecule has 1 rings (SSSR count). The monoisotopic (exact) mass is 230 g/mol. The fraction of sp³-hybridized carbons (Fsp3) is 0.364. The molecule has 0 aromatic heterocycles. The summed E-state index contributed by atoms with van der Waals surface area (Å²) in [5, 5.41) is 1.01. The lowest BCUT2D eigenvalue weighted by molar-refractivity contribution is 0.0927. The molecular formula is C11H12Cl2O. The molecule has 0 saturated heterocycles. The number of benzene rings is 1. The highest BCUT2D eigenvalue weighted by Gasteiger charge is 2.14. The second-order valence-electron chi connectivity index (χ2n) is 3.33. The first-order chi connectivity index (χ1) is 6.54. The third-order valence-corrected chi connectivity index (χ3v) is 2.64. The van der Waals surface area contributed by atoms with Crippen molar-refractivity contribution in [1.82, 2.24) is 0 Å². The van der Waals surface area contributed by atoms with Crippen molar-refractivity contribution in [2.45, 2.75) is 20.3 Å². The summed E-state index contributed by atoms with van der Waals surface area (Å²) in [5.74, 6) is 0.112. The maximum Gasteiger partial charge on any atom is 0.165 e. The van der Waals surface area contributed by atoms with Gasteiger partial charge in [0.15, 0.2) is 5.78 Å². The number of Topliss-reactive ketones (excluding diaryl/α,β-unsaturated/α-hetero) is 1. The van der Waals surface area contributed by atoms with Crippen LogP contribution in [-0.4, -0.2) is 5.78 Å². The lowest BCUT2D eigenvalue weighted by Gasteiger charge is -2.07. The van der Waals surface area contributed by atoms with Gasteiger partial charge < -0.3 is 0 Å². The van der Waals surface area contributed by atoms with E-state index < -0.39 is 0 Å². The normalized spacial score (nSPS) is 12.6. The van der Waals surface area contributed by atoms with E-state index in [-0.39, 0.29) is 11.7 Å². The molecule has 0 spiro atoms. The van der Waals surface area contributed by atoms with E-state index >= 15 is 0 Å². The molecule has 3 heteroatoms. The zero-order valence-electron chi connectivity index (χ0n) is 8.18. The van der Waals surface area contributed by atoms with Crippen molar-refractivity contribution < 1.29 is 4.79 Å². The number of rotatable bonds is 3. The molecule has 0 N–H and O–H groups in total. The lowest BCUT2D eigenvalue weighted by Crippen LogP contribution is -2.09. The van der Waals surface area contributed by atoms with Crippen molar-refractivity contribution in [2.24, 2.45) is 5.92 Å². The Morgan fingerprint density at radius 2 is 1.79 bits per heavy atom. The average molecular weight is 231 g/mol. The summed E-state index contributed by atoms with van der Waals surface area (Å²) >= 11 is 11.6. The lowest BCUT2D eigenvalue weighted by atomic mass is 9.97. The largest absolute Gasteiger partial charge is 0.294 e. The van der Waals surface area contributed by atoms with Gasteiger partial charge in [-0.25, -0.2) is 0 Å². The molecule has 0 aliphatic rings. The summed E-state index contributed by atoms with van der Waals surface area (Å²) in [6, 6.07) is 4.93. The van der Waals surface area contributed by atoms with E-state index in [0.29, 0.717) is 15.6 Å². The van der Waals surface area contributed by atoms with Gasteiger partial charge in [-0.15, -0.1) is 0 Å². The second kappa shape index (κ2) is 4.81. The van der Waals surface area contributed by atoms with Gasteiger partial charge in [0.2, 0.25) is 0 Å². The average Bonchev–Trinajstić information content (AvgIpc) is 2.14. The Labute approximate surface area is 94.0 Å². The quantitative estimate of drug-likeness (QED) is 0.711. The summed E-state index contributed by atoms with van der Waals surface area (Å²) < 4.78 is 0. The summed E-state index contributed by atoms with van der Waals surface area (Å²) in [5.41, 5.74) is 0.594. The highest BCUT2D eigenvalue weighted by molar-refractivity contribution is 6.35. The minimum Gasteiger partial charge on any atom is -0.294 e. The van der Waals surface area contributed by atoms with Crippen LogP contribution in [0.1, 0.15) is 30.6 Å². The summed E-state index contributed by atoms with van der Waals surface area (Å²) in [7, 11) is 0. The molecule has 1 aromatic rings. The summed E-state index contributed by atoms with van der Waals surface area (Å²) in [6.45, 7) is 3.88. The number of hydrogen-bond acceptors (Lipinski definition) is 1. The molecule has 0 aliphatic carbocycles. The predicted molar refractivity (Wildman–Crippen MR) is 60.2 cm³/mol. The third kappa shape index (κ3) is 2.73. The zero-order valence-corrected chi connectivity index (χ0v) is 9.69. The van der Waals surface area contributed by atoms with E-state index in [1.165, 1.54) is 0 Å². The van der Waals surface area contributed by atoms with Gasteiger partial charge in [-0.1, -0.05) is 37.0 Å². The number of carbonyl (C=O) groups is 1. The Morgan fingerprint density at radius 3 is 2.21 bits per heavy atom. The smallest absolute Gasteiger partial charge is 0.165 e. The maximum atomic E-state index is 11.8. The molecule has 0 saturated carbocycles. The molecule has 76 valence electrons. The molecule has 0 fully saturated rings. The molecule has 14 heavy (non-hydrogen) atoms. The van der Waals surface area contributed by atoms with Crippen LogP contribution < -0.4 is 0 Å². The van der Waals surface area contributed by atoms with Gasteiger partial charge in [-0.05, 0) is 24.6 Å². The summed E-state index contributed by atoms with van der Waals surface area (Å²) in [6.07, 6.45) is 0.822. The topological polar surface area (TPSA) is 17.1 Å². The van der Waals surface area contributed by atoms with E-state index in [9.17, 15) is 4.79 Å². The van der Waals surface area contributed by atoms with Gasteiger partial charge in [-0.3, -0.25) is 4.79 Å². The van der Waals surface area contributed by atoms with Gasteiger partial charge in [0.25, 0.3) is 0 Å². The van der Waals surface area contributed by atoms with Crippen LogP contribution in [0.2, 0.25) is 10.0 Å². The first-order valence-corrected chi connectivity index (χ1v) is 5.30. The van der Waals surface area contributed by atoms with Crippen LogP contribution >= 0.6 is 23.2 Å². The fourth-order valence-electron chi connectivity index (χ4n) is 1.17. The zero-order chi connectivity index (χ0) is 10.7.